The summed E-state index contributed by atoms with van der Waals surface area (Å²) in [6.45, 7) is 2.47. The van der Waals surface area contributed by atoms with Crippen LogP contribution in [0.25, 0.3) is 0 Å². The van der Waals surface area contributed by atoms with E-state index in [2.05, 4.69) is 5.32 Å². The van der Waals surface area contributed by atoms with Crippen molar-refractivity contribution in [1.82, 2.24) is 5.32 Å². The molecule has 1 aromatic rings. The lowest BCUT2D eigenvalue weighted by molar-refractivity contribution is -0.131. The van der Waals surface area contributed by atoms with Gasteiger partial charge in [-0.3, -0.25) is 9.59 Å². The van der Waals surface area contributed by atoms with E-state index in [-0.39, 0.29) is 11.7 Å². The highest BCUT2D eigenvalue weighted by Gasteiger charge is 2.12. The van der Waals surface area contributed by atoms with Crippen LogP contribution in [0.1, 0.15) is 30.1 Å². The fraction of sp³-hybridized carbons (Fsp3) is 0.385. The van der Waals surface area contributed by atoms with Crippen LogP contribution in [0.15, 0.2) is 24.3 Å². The third-order valence-corrected chi connectivity index (χ3v) is 2.30. The number of carbonyl (C=O) groups is 2. The van der Waals surface area contributed by atoms with Gasteiger partial charge in [-0.25, -0.2) is 0 Å². The van der Waals surface area contributed by atoms with Crippen molar-refractivity contribution in [2.24, 2.45) is 5.73 Å². The van der Waals surface area contributed by atoms with Gasteiger partial charge in [0.2, 0.25) is 0 Å². The first-order chi connectivity index (χ1) is 8.65. The summed E-state index contributed by atoms with van der Waals surface area (Å²) in [5.74, 6) is -0.413. The molecule has 5 nitrogen and oxygen atoms in total. The highest BCUT2D eigenvalue weighted by molar-refractivity contribution is 5.97. The van der Waals surface area contributed by atoms with Crippen molar-refractivity contribution >= 4 is 11.9 Å². The van der Waals surface area contributed by atoms with Gasteiger partial charge in [0.1, 0.15) is 5.75 Å². The summed E-state index contributed by atoms with van der Waals surface area (Å²) in [6, 6.07) is 6.65. The lowest BCUT2D eigenvalue weighted by Crippen LogP contribution is -2.25. The normalized spacial score (nSPS) is 9.89. The van der Waals surface area contributed by atoms with Crippen molar-refractivity contribution in [3.05, 3.63) is 29.8 Å². The van der Waals surface area contributed by atoms with Crippen molar-refractivity contribution in [3.63, 3.8) is 0 Å². The number of unbranched alkanes of at least 4 members (excludes halogenated alkanes) is 1. The van der Waals surface area contributed by atoms with Gasteiger partial charge in [0.25, 0.3) is 5.91 Å². The van der Waals surface area contributed by atoms with Gasteiger partial charge in [0.15, 0.2) is 0 Å². The Bertz CT molecular complexity index is 418. The van der Waals surface area contributed by atoms with E-state index in [0.717, 1.165) is 12.8 Å². The summed E-state index contributed by atoms with van der Waals surface area (Å²) in [6.07, 6.45) is 1.70. The van der Waals surface area contributed by atoms with E-state index in [9.17, 15) is 9.59 Å². The number of ether oxygens (including phenoxy) is 1. The second-order valence-corrected chi connectivity index (χ2v) is 3.84. The van der Waals surface area contributed by atoms with Gasteiger partial charge in [-0.15, -0.1) is 0 Å². The van der Waals surface area contributed by atoms with Crippen LogP contribution in [0.5, 0.6) is 5.75 Å². The topological polar surface area (TPSA) is 81.4 Å². The minimum absolute atomic E-state index is 0.246. The molecule has 0 heterocycles. The molecule has 0 aliphatic carbocycles. The summed E-state index contributed by atoms with van der Waals surface area (Å²) < 4.78 is 4.97. The van der Waals surface area contributed by atoms with Crippen molar-refractivity contribution in [3.8, 4) is 5.75 Å². The van der Waals surface area contributed by atoms with Gasteiger partial charge in [0.05, 0.1) is 5.56 Å². The molecule has 0 spiro atoms. The minimum atomic E-state index is -0.446. The number of para-hydroxylation sites is 1. The van der Waals surface area contributed by atoms with Crippen LogP contribution < -0.4 is 15.8 Å². The molecular formula is C13H18N2O3. The standard InChI is InChI=1S/C13H18N2O3/c1-10(16)18-12-7-3-2-6-11(12)13(17)15-9-5-4-8-14/h2-3,6-7H,4-5,8-9,14H2,1H3,(H,15,17). The summed E-state index contributed by atoms with van der Waals surface area (Å²) in [4.78, 5) is 22.8. The van der Waals surface area contributed by atoms with Gasteiger partial charge in [-0.1, -0.05) is 12.1 Å². The molecular weight excluding hydrogens is 232 g/mol. The maximum absolute atomic E-state index is 11.9. The van der Waals surface area contributed by atoms with E-state index >= 15 is 0 Å². The van der Waals surface area contributed by atoms with Crippen LogP contribution in [0.3, 0.4) is 0 Å². The molecule has 0 atom stereocenters. The first kappa shape index (κ1) is 14.2. The Balaban J connectivity index is 2.63. The van der Waals surface area contributed by atoms with Gasteiger partial charge < -0.3 is 15.8 Å². The summed E-state index contributed by atoms with van der Waals surface area (Å²) in [7, 11) is 0. The maximum Gasteiger partial charge on any atom is 0.308 e. The van der Waals surface area contributed by atoms with E-state index < -0.39 is 5.97 Å². The number of rotatable bonds is 6. The van der Waals surface area contributed by atoms with Crippen LogP contribution in [0.4, 0.5) is 0 Å². The minimum Gasteiger partial charge on any atom is -0.426 e. The molecule has 18 heavy (non-hydrogen) atoms. The molecule has 0 radical (unpaired) electrons. The zero-order valence-corrected chi connectivity index (χ0v) is 10.4. The Kier molecular flexibility index (Phi) is 5.87. The van der Waals surface area contributed by atoms with E-state index in [0.29, 0.717) is 18.7 Å². The van der Waals surface area contributed by atoms with Crippen LogP contribution in [0, 0.1) is 0 Å². The molecule has 5 heteroatoms. The smallest absolute Gasteiger partial charge is 0.308 e. The summed E-state index contributed by atoms with van der Waals surface area (Å²) in [5.41, 5.74) is 5.73. The number of nitrogens with two attached hydrogens (primary N) is 1. The van der Waals surface area contributed by atoms with Crippen molar-refractivity contribution < 1.29 is 14.3 Å². The Hall–Kier alpha value is -1.88. The zero-order valence-electron chi connectivity index (χ0n) is 10.4. The predicted molar refractivity (Wildman–Crippen MR) is 68.4 cm³/mol. The second-order valence-electron chi connectivity index (χ2n) is 3.84. The Morgan fingerprint density at radius 3 is 2.67 bits per heavy atom. The highest BCUT2D eigenvalue weighted by atomic mass is 16.5. The van der Waals surface area contributed by atoms with Crippen molar-refractivity contribution in [2.75, 3.05) is 13.1 Å². The number of nitrogens with one attached hydrogen (secondary N) is 1. The molecule has 1 rings (SSSR count). The lowest BCUT2D eigenvalue weighted by Gasteiger charge is -2.09. The summed E-state index contributed by atoms with van der Waals surface area (Å²) in [5, 5.41) is 2.76. The Morgan fingerprint density at radius 1 is 1.28 bits per heavy atom. The van der Waals surface area contributed by atoms with Gasteiger partial charge in [-0.05, 0) is 31.5 Å². The third kappa shape index (κ3) is 4.55. The van der Waals surface area contributed by atoms with Crippen LogP contribution in [-0.4, -0.2) is 25.0 Å². The number of benzene rings is 1. The third-order valence-electron chi connectivity index (χ3n) is 2.30. The molecule has 0 bridgehead atoms. The van der Waals surface area contributed by atoms with E-state index in [1.807, 2.05) is 0 Å². The average molecular weight is 250 g/mol. The van der Waals surface area contributed by atoms with E-state index in [1.54, 1.807) is 24.3 Å². The SMILES string of the molecule is CC(=O)Oc1ccccc1C(=O)NCCCCN. The highest BCUT2D eigenvalue weighted by Crippen LogP contribution is 2.17. The average Bonchev–Trinajstić information content (AvgIpc) is 2.34. The molecule has 1 amide bonds. The molecule has 1 aromatic carbocycles. The van der Waals surface area contributed by atoms with Crippen molar-refractivity contribution in [2.45, 2.75) is 19.8 Å². The number of hydrogen-bond acceptors (Lipinski definition) is 4. The molecule has 0 unspecified atom stereocenters. The molecule has 0 saturated heterocycles. The van der Waals surface area contributed by atoms with Gasteiger partial charge in [0, 0.05) is 13.5 Å². The fourth-order valence-electron chi connectivity index (χ4n) is 1.46. The first-order valence-corrected chi connectivity index (χ1v) is 5.91. The number of carbonyl (C=O) groups excluding carboxylic acids is 2. The van der Waals surface area contributed by atoms with Gasteiger partial charge in [-0.2, -0.15) is 0 Å². The van der Waals surface area contributed by atoms with E-state index in [1.165, 1.54) is 6.92 Å². The van der Waals surface area contributed by atoms with Crippen LogP contribution in [-0.2, 0) is 4.79 Å². The Labute approximate surface area is 106 Å². The number of amides is 1. The molecule has 0 aromatic heterocycles. The summed E-state index contributed by atoms with van der Waals surface area (Å²) >= 11 is 0. The molecule has 0 fully saturated rings. The zero-order chi connectivity index (χ0) is 13.4. The Morgan fingerprint density at radius 2 is 2.00 bits per heavy atom. The molecule has 3 N–H and O–H groups in total. The first-order valence-electron chi connectivity index (χ1n) is 5.91. The predicted octanol–water partition coefficient (Wildman–Crippen LogP) is 1.08. The molecule has 0 saturated carbocycles. The van der Waals surface area contributed by atoms with Crippen molar-refractivity contribution in [1.29, 1.82) is 0 Å². The lowest BCUT2D eigenvalue weighted by atomic mass is 10.2. The number of esters is 1. The monoisotopic (exact) mass is 250 g/mol. The molecule has 0 aliphatic rings. The van der Waals surface area contributed by atoms with Gasteiger partial charge >= 0.3 is 5.97 Å². The number of hydrogen-bond donors (Lipinski definition) is 2. The molecule has 98 valence electrons. The quantitative estimate of drug-likeness (QED) is 0.449. The van der Waals surface area contributed by atoms with Crippen LogP contribution in [0.2, 0.25) is 0 Å². The van der Waals surface area contributed by atoms with E-state index in [4.69, 9.17) is 10.5 Å². The molecule has 0 aliphatic heterocycles. The second kappa shape index (κ2) is 7.45. The fourth-order valence-corrected chi connectivity index (χ4v) is 1.46. The largest absolute Gasteiger partial charge is 0.426 e. The van der Waals surface area contributed by atoms with Crippen LogP contribution >= 0.6 is 0 Å². The maximum atomic E-state index is 11.9.